The van der Waals surface area contributed by atoms with E-state index in [4.69, 9.17) is 11.6 Å². The second-order valence-corrected chi connectivity index (χ2v) is 4.24. The molecule has 1 radical (unpaired) electrons. The minimum atomic E-state index is 0.757. The van der Waals surface area contributed by atoms with Gasteiger partial charge in [-0.3, -0.25) is 0 Å². The van der Waals surface area contributed by atoms with E-state index in [2.05, 4.69) is 22.0 Å². The molecule has 0 amide bonds. The highest BCUT2D eigenvalue weighted by Crippen LogP contribution is 2.30. The Kier molecular flexibility index (Phi) is 2.90. The van der Waals surface area contributed by atoms with Crippen LogP contribution in [-0.4, -0.2) is 0 Å². The zero-order valence-corrected chi connectivity index (χ0v) is 9.64. The maximum atomic E-state index is 6.10. The Morgan fingerprint density at radius 3 is 2.79 bits per heavy atom. The topological polar surface area (TPSA) is 0 Å². The van der Waals surface area contributed by atoms with Gasteiger partial charge in [0.15, 0.2) is 0 Å². The summed E-state index contributed by atoms with van der Waals surface area (Å²) in [6, 6.07) is 16.6. The molecule has 0 spiro atoms. The summed E-state index contributed by atoms with van der Waals surface area (Å²) in [4.78, 5) is 0. The molecule has 0 unspecified atom stereocenters. The van der Waals surface area contributed by atoms with Crippen molar-refractivity contribution in [2.45, 2.75) is 0 Å². The number of rotatable bonds is 1. The molecule has 2 rings (SSSR count). The van der Waals surface area contributed by atoms with Crippen molar-refractivity contribution in [1.29, 1.82) is 0 Å². The second kappa shape index (κ2) is 4.16. The van der Waals surface area contributed by atoms with Gasteiger partial charge >= 0.3 is 0 Å². The van der Waals surface area contributed by atoms with Crippen LogP contribution in [0, 0.1) is 6.07 Å². The van der Waals surface area contributed by atoms with Crippen LogP contribution in [0.4, 0.5) is 0 Å². The zero-order chi connectivity index (χ0) is 9.97. The normalized spacial score (nSPS) is 10.1. The Balaban J connectivity index is 2.57. The summed E-state index contributed by atoms with van der Waals surface area (Å²) in [7, 11) is 0. The van der Waals surface area contributed by atoms with Crippen LogP contribution in [0.25, 0.3) is 11.1 Å². The van der Waals surface area contributed by atoms with Crippen LogP contribution in [0.15, 0.2) is 46.9 Å². The summed E-state index contributed by atoms with van der Waals surface area (Å²) >= 11 is 9.52. The van der Waals surface area contributed by atoms with Gasteiger partial charge in [0.25, 0.3) is 0 Å². The Labute approximate surface area is 96.7 Å². The van der Waals surface area contributed by atoms with E-state index in [1.807, 2.05) is 42.5 Å². The molecule has 14 heavy (non-hydrogen) atoms. The lowest BCUT2D eigenvalue weighted by Crippen LogP contribution is -1.79. The van der Waals surface area contributed by atoms with E-state index in [1.165, 1.54) is 0 Å². The third-order valence-electron chi connectivity index (χ3n) is 1.95. The van der Waals surface area contributed by atoms with Gasteiger partial charge in [0.2, 0.25) is 0 Å². The van der Waals surface area contributed by atoms with Gasteiger partial charge in [-0.25, -0.2) is 0 Å². The predicted octanol–water partition coefficient (Wildman–Crippen LogP) is 4.57. The van der Waals surface area contributed by atoms with Crippen LogP contribution in [0.3, 0.4) is 0 Å². The summed E-state index contributed by atoms with van der Waals surface area (Å²) in [6.07, 6.45) is 0. The Morgan fingerprint density at radius 1 is 1.21 bits per heavy atom. The van der Waals surface area contributed by atoms with Crippen LogP contribution < -0.4 is 0 Å². The second-order valence-electron chi connectivity index (χ2n) is 2.92. The number of benzene rings is 2. The van der Waals surface area contributed by atoms with E-state index >= 15 is 0 Å². The molecule has 0 aliphatic rings. The molecule has 2 heteroatoms. The minimum Gasteiger partial charge on any atom is -0.0837 e. The fourth-order valence-electron chi connectivity index (χ4n) is 1.28. The molecular weight excluding hydrogens is 259 g/mol. The van der Waals surface area contributed by atoms with Crippen molar-refractivity contribution < 1.29 is 0 Å². The lowest BCUT2D eigenvalue weighted by Gasteiger charge is -2.04. The van der Waals surface area contributed by atoms with Gasteiger partial charge in [-0.2, -0.15) is 0 Å². The van der Waals surface area contributed by atoms with Gasteiger partial charge in [0, 0.05) is 15.1 Å². The van der Waals surface area contributed by atoms with Crippen LogP contribution in [0.2, 0.25) is 5.02 Å². The van der Waals surface area contributed by atoms with Gasteiger partial charge in [-0.1, -0.05) is 45.7 Å². The van der Waals surface area contributed by atoms with Crippen molar-refractivity contribution in [1.82, 2.24) is 0 Å². The van der Waals surface area contributed by atoms with Gasteiger partial charge in [-0.15, -0.1) is 0 Å². The fourth-order valence-corrected chi connectivity index (χ4v) is 1.87. The zero-order valence-electron chi connectivity index (χ0n) is 7.30. The predicted molar refractivity (Wildman–Crippen MR) is 63.4 cm³/mol. The van der Waals surface area contributed by atoms with Crippen LogP contribution in [-0.2, 0) is 0 Å². The average Bonchev–Trinajstić information content (AvgIpc) is 2.23. The quantitative estimate of drug-likeness (QED) is 0.709. The van der Waals surface area contributed by atoms with Crippen molar-refractivity contribution >= 4 is 27.5 Å². The van der Waals surface area contributed by atoms with Crippen molar-refractivity contribution in [3.8, 4) is 11.1 Å². The molecule has 0 saturated heterocycles. The number of hydrogen-bond donors (Lipinski definition) is 0. The van der Waals surface area contributed by atoms with Crippen molar-refractivity contribution in [2.24, 2.45) is 0 Å². The van der Waals surface area contributed by atoms with Crippen LogP contribution in [0.5, 0.6) is 0 Å². The first kappa shape index (κ1) is 9.75. The first-order chi connectivity index (χ1) is 6.77. The van der Waals surface area contributed by atoms with E-state index in [0.29, 0.717) is 0 Å². The SMILES string of the molecule is Clc1ccc(Br)cc1-c1c[c]ccc1. The number of hydrogen-bond acceptors (Lipinski definition) is 0. The molecule has 0 bridgehead atoms. The van der Waals surface area contributed by atoms with Crippen molar-refractivity contribution in [3.63, 3.8) is 0 Å². The lowest BCUT2D eigenvalue weighted by molar-refractivity contribution is 1.59. The molecule has 0 aromatic heterocycles. The summed E-state index contributed by atoms with van der Waals surface area (Å²) in [6.45, 7) is 0. The third-order valence-corrected chi connectivity index (χ3v) is 2.77. The maximum absolute atomic E-state index is 6.10. The Bertz CT molecular complexity index is 437. The summed E-state index contributed by atoms with van der Waals surface area (Å²) in [5, 5.41) is 0.757. The average molecular weight is 267 g/mol. The largest absolute Gasteiger partial charge is 0.0837 e. The molecule has 0 atom stereocenters. The van der Waals surface area contributed by atoms with E-state index in [9.17, 15) is 0 Å². The highest BCUT2D eigenvalue weighted by molar-refractivity contribution is 9.10. The molecule has 0 aliphatic heterocycles. The molecule has 0 nitrogen and oxygen atoms in total. The monoisotopic (exact) mass is 265 g/mol. The van der Waals surface area contributed by atoms with Gasteiger partial charge in [-0.05, 0) is 35.9 Å². The number of halogens is 2. The molecule has 69 valence electrons. The first-order valence-corrected chi connectivity index (χ1v) is 5.36. The molecule has 0 aliphatic carbocycles. The third kappa shape index (κ3) is 1.99. The van der Waals surface area contributed by atoms with Crippen molar-refractivity contribution in [2.75, 3.05) is 0 Å². The summed E-state index contributed by atoms with van der Waals surface area (Å²) in [5.41, 5.74) is 2.11. The molecular formula is C12H7BrCl. The summed E-state index contributed by atoms with van der Waals surface area (Å²) in [5.74, 6) is 0. The molecule has 0 N–H and O–H groups in total. The molecule has 2 aromatic carbocycles. The molecule has 0 fully saturated rings. The molecule has 0 saturated carbocycles. The van der Waals surface area contributed by atoms with Gasteiger partial charge in [0.1, 0.15) is 0 Å². The smallest absolute Gasteiger partial charge is 0.0485 e. The summed E-state index contributed by atoms with van der Waals surface area (Å²) < 4.78 is 1.03. The van der Waals surface area contributed by atoms with Crippen LogP contribution >= 0.6 is 27.5 Å². The molecule has 2 aromatic rings. The van der Waals surface area contributed by atoms with E-state index in [0.717, 1.165) is 20.6 Å². The lowest BCUT2D eigenvalue weighted by atomic mass is 10.1. The minimum absolute atomic E-state index is 0.757. The Hall–Kier alpha value is -0.790. The van der Waals surface area contributed by atoms with E-state index in [1.54, 1.807) is 0 Å². The maximum Gasteiger partial charge on any atom is 0.0485 e. The highest BCUT2D eigenvalue weighted by atomic mass is 79.9. The first-order valence-electron chi connectivity index (χ1n) is 4.19. The van der Waals surface area contributed by atoms with Crippen molar-refractivity contribution in [3.05, 3.63) is 58.0 Å². The van der Waals surface area contributed by atoms with Crippen LogP contribution in [0.1, 0.15) is 0 Å². The Morgan fingerprint density at radius 2 is 2.07 bits per heavy atom. The van der Waals surface area contributed by atoms with Gasteiger partial charge < -0.3 is 0 Å². The standard InChI is InChI=1S/C12H7BrCl/c13-10-6-7-12(14)11(8-10)9-4-2-1-3-5-9/h1-2,4-8H. The van der Waals surface area contributed by atoms with E-state index in [-0.39, 0.29) is 0 Å². The highest BCUT2D eigenvalue weighted by Gasteiger charge is 2.02. The van der Waals surface area contributed by atoms with Gasteiger partial charge in [0.05, 0.1) is 0 Å². The molecule has 0 heterocycles. The fraction of sp³-hybridized carbons (Fsp3) is 0. The van der Waals surface area contributed by atoms with E-state index < -0.39 is 0 Å².